The molecule has 0 aliphatic heterocycles. The quantitative estimate of drug-likeness (QED) is 0.771. The molecule has 0 radical (unpaired) electrons. The van der Waals surface area contributed by atoms with Crippen molar-refractivity contribution in [1.29, 1.82) is 0 Å². The number of aliphatic carboxylic acids is 1. The van der Waals surface area contributed by atoms with Crippen LogP contribution in [0.2, 0.25) is 0 Å². The zero-order valence-corrected chi connectivity index (χ0v) is 9.27. The number of rotatable bonds is 5. The lowest BCUT2D eigenvalue weighted by atomic mass is 9.99. The van der Waals surface area contributed by atoms with E-state index in [-0.39, 0.29) is 0 Å². The highest BCUT2D eigenvalue weighted by Crippen LogP contribution is 2.22. The summed E-state index contributed by atoms with van der Waals surface area (Å²) in [5.41, 5.74) is 1.31. The Labute approximate surface area is 93.9 Å². The van der Waals surface area contributed by atoms with E-state index < -0.39 is 11.9 Å². The molecule has 0 spiro atoms. The maximum Gasteiger partial charge on any atom is 0.306 e. The molecule has 0 bridgehead atoms. The standard InChI is InChI=1S/C12H14O4/c1-8(12(14)15)5-10-4-3-9(7-13)6-11(10)16-2/h3-4,6-8H,5H2,1-2H3,(H,14,15). The first-order valence-electron chi connectivity index (χ1n) is 4.93. The van der Waals surface area contributed by atoms with E-state index in [1.165, 1.54) is 7.11 Å². The average molecular weight is 222 g/mol. The van der Waals surface area contributed by atoms with Crippen molar-refractivity contribution in [3.8, 4) is 5.75 Å². The number of carboxylic acid groups (broad SMARTS) is 1. The average Bonchev–Trinajstić information content (AvgIpc) is 2.29. The number of hydrogen-bond donors (Lipinski definition) is 1. The summed E-state index contributed by atoms with van der Waals surface area (Å²) < 4.78 is 5.12. The molecule has 1 rings (SSSR count). The monoisotopic (exact) mass is 222 g/mol. The van der Waals surface area contributed by atoms with Crippen LogP contribution in [-0.4, -0.2) is 24.5 Å². The predicted octanol–water partition coefficient (Wildman–Crippen LogP) is 1.77. The molecule has 1 aromatic rings. The molecule has 0 saturated heterocycles. The summed E-state index contributed by atoms with van der Waals surface area (Å²) >= 11 is 0. The Morgan fingerprint density at radius 3 is 2.75 bits per heavy atom. The molecule has 4 heteroatoms. The van der Waals surface area contributed by atoms with Gasteiger partial charge in [0.25, 0.3) is 0 Å². The summed E-state index contributed by atoms with van der Waals surface area (Å²) in [4.78, 5) is 21.3. The van der Waals surface area contributed by atoms with Crippen molar-refractivity contribution in [2.24, 2.45) is 5.92 Å². The highest BCUT2D eigenvalue weighted by molar-refractivity contribution is 5.76. The van der Waals surface area contributed by atoms with Gasteiger partial charge in [-0.1, -0.05) is 19.1 Å². The lowest BCUT2D eigenvalue weighted by molar-refractivity contribution is -0.141. The van der Waals surface area contributed by atoms with Gasteiger partial charge in [0.05, 0.1) is 13.0 Å². The number of aldehydes is 1. The molecule has 16 heavy (non-hydrogen) atoms. The van der Waals surface area contributed by atoms with Gasteiger partial charge in [-0.25, -0.2) is 0 Å². The number of carbonyl (C=O) groups is 2. The minimum Gasteiger partial charge on any atom is -0.496 e. The molecular formula is C12H14O4. The second kappa shape index (κ2) is 5.30. The first kappa shape index (κ1) is 12.2. The van der Waals surface area contributed by atoms with Crippen LogP contribution in [0.3, 0.4) is 0 Å². The molecule has 0 aliphatic rings. The van der Waals surface area contributed by atoms with Gasteiger partial charge in [-0.05, 0) is 18.1 Å². The van der Waals surface area contributed by atoms with Gasteiger partial charge in [-0.15, -0.1) is 0 Å². The number of carbonyl (C=O) groups excluding carboxylic acids is 1. The van der Waals surface area contributed by atoms with Crippen LogP contribution in [0, 0.1) is 5.92 Å². The highest BCUT2D eigenvalue weighted by Gasteiger charge is 2.14. The van der Waals surface area contributed by atoms with Crippen molar-refractivity contribution < 1.29 is 19.4 Å². The Hall–Kier alpha value is -1.84. The zero-order chi connectivity index (χ0) is 12.1. The molecule has 0 fully saturated rings. The molecule has 1 N–H and O–H groups in total. The van der Waals surface area contributed by atoms with Crippen molar-refractivity contribution in [3.63, 3.8) is 0 Å². The first-order chi connectivity index (χ1) is 7.58. The van der Waals surface area contributed by atoms with Gasteiger partial charge in [0, 0.05) is 5.56 Å². The smallest absolute Gasteiger partial charge is 0.306 e. The van der Waals surface area contributed by atoms with Gasteiger partial charge in [-0.3, -0.25) is 9.59 Å². The fourth-order valence-corrected chi connectivity index (χ4v) is 1.42. The zero-order valence-electron chi connectivity index (χ0n) is 9.27. The second-order valence-electron chi connectivity index (χ2n) is 3.63. The SMILES string of the molecule is COc1cc(C=O)ccc1CC(C)C(=O)O. The van der Waals surface area contributed by atoms with Gasteiger partial charge in [0.1, 0.15) is 12.0 Å². The second-order valence-corrected chi connectivity index (χ2v) is 3.63. The van der Waals surface area contributed by atoms with Crippen LogP contribution in [0.15, 0.2) is 18.2 Å². The number of methoxy groups -OCH3 is 1. The lowest BCUT2D eigenvalue weighted by Gasteiger charge is -2.11. The Morgan fingerprint density at radius 1 is 1.56 bits per heavy atom. The molecule has 0 aromatic heterocycles. The van der Waals surface area contributed by atoms with E-state index in [9.17, 15) is 9.59 Å². The lowest BCUT2D eigenvalue weighted by Crippen LogP contribution is -2.12. The molecule has 1 unspecified atom stereocenters. The third-order valence-electron chi connectivity index (χ3n) is 2.39. The van der Waals surface area contributed by atoms with E-state index in [2.05, 4.69) is 0 Å². The summed E-state index contributed by atoms with van der Waals surface area (Å²) in [6.07, 6.45) is 1.12. The van der Waals surface area contributed by atoms with Crippen molar-refractivity contribution in [3.05, 3.63) is 29.3 Å². The van der Waals surface area contributed by atoms with Crippen LogP contribution < -0.4 is 4.74 Å². The molecule has 0 amide bonds. The minimum atomic E-state index is -0.846. The maximum atomic E-state index is 10.7. The van der Waals surface area contributed by atoms with Gasteiger partial charge in [0.2, 0.25) is 0 Å². The van der Waals surface area contributed by atoms with Crippen LogP contribution in [-0.2, 0) is 11.2 Å². The number of hydrogen-bond acceptors (Lipinski definition) is 3. The van der Waals surface area contributed by atoms with E-state index >= 15 is 0 Å². The minimum absolute atomic E-state index is 0.387. The summed E-state index contributed by atoms with van der Waals surface area (Å²) in [6, 6.07) is 4.98. The van der Waals surface area contributed by atoms with Crippen molar-refractivity contribution >= 4 is 12.3 Å². The highest BCUT2D eigenvalue weighted by atomic mass is 16.5. The van der Waals surface area contributed by atoms with E-state index in [4.69, 9.17) is 9.84 Å². The van der Waals surface area contributed by atoms with E-state index in [0.717, 1.165) is 11.8 Å². The van der Waals surface area contributed by atoms with Crippen LogP contribution in [0.4, 0.5) is 0 Å². The Bertz CT molecular complexity index is 398. The molecule has 0 heterocycles. The van der Waals surface area contributed by atoms with Crippen LogP contribution >= 0.6 is 0 Å². The first-order valence-corrected chi connectivity index (χ1v) is 4.93. The third-order valence-corrected chi connectivity index (χ3v) is 2.39. The van der Waals surface area contributed by atoms with Gasteiger partial charge >= 0.3 is 5.97 Å². The van der Waals surface area contributed by atoms with Crippen LogP contribution in [0.25, 0.3) is 0 Å². The van der Waals surface area contributed by atoms with Gasteiger partial charge in [0.15, 0.2) is 0 Å². The Kier molecular flexibility index (Phi) is 4.05. The van der Waals surface area contributed by atoms with E-state index in [1.807, 2.05) is 0 Å². The molecule has 1 atom stereocenters. The van der Waals surface area contributed by atoms with Crippen LogP contribution in [0.1, 0.15) is 22.8 Å². The molecule has 0 saturated carbocycles. The molecule has 1 aromatic carbocycles. The number of benzene rings is 1. The molecule has 0 aliphatic carbocycles. The number of carboxylic acids is 1. The molecule has 4 nitrogen and oxygen atoms in total. The largest absolute Gasteiger partial charge is 0.496 e. The van der Waals surface area contributed by atoms with Gasteiger partial charge < -0.3 is 9.84 Å². The summed E-state index contributed by atoms with van der Waals surface area (Å²) in [5.74, 6) is -0.768. The summed E-state index contributed by atoms with van der Waals surface area (Å²) in [6.45, 7) is 1.63. The summed E-state index contributed by atoms with van der Waals surface area (Å²) in [5, 5.41) is 8.81. The van der Waals surface area contributed by atoms with Crippen LogP contribution in [0.5, 0.6) is 5.75 Å². The van der Waals surface area contributed by atoms with Gasteiger partial charge in [-0.2, -0.15) is 0 Å². The van der Waals surface area contributed by atoms with Crippen molar-refractivity contribution in [2.45, 2.75) is 13.3 Å². The molecular weight excluding hydrogens is 208 g/mol. The topological polar surface area (TPSA) is 63.6 Å². The third kappa shape index (κ3) is 2.82. The normalized spacial score (nSPS) is 11.9. The fourth-order valence-electron chi connectivity index (χ4n) is 1.42. The van der Waals surface area contributed by atoms with E-state index in [1.54, 1.807) is 25.1 Å². The fraction of sp³-hybridized carbons (Fsp3) is 0.333. The van der Waals surface area contributed by atoms with E-state index in [0.29, 0.717) is 17.7 Å². The van der Waals surface area contributed by atoms with Crippen molar-refractivity contribution in [2.75, 3.05) is 7.11 Å². The maximum absolute atomic E-state index is 10.7. The predicted molar refractivity (Wildman–Crippen MR) is 58.9 cm³/mol. The Balaban J connectivity index is 2.95. The van der Waals surface area contributed by atoms with Crippen molar-refractivity contribution in [1.82, 2.24) is 0 Å². The Morgan fingerprint density at radius 2 is 2.25 bits per heavy atom. The number of ether oxygens (including phenoxy) is 1. The molecule has 86 valence electrons. The summed E-state index contributed by atoms with van der Waals surface area (Å²) in [7, 11) is 1.50.